The Hall–Kier alpha value is -0.690. The summed E-state index contributed by atoms with van der Waals surface area (Å²) in [5.74, 6) is -1.07. The second-order valence-corrected chi connectivity index (χ2v) is 5.99. The lowest BCUT2D eigenvalue weighted by Gasteiger charge is -2.45. The summed E-state index contributed by atoms with van der Waals surface area (Å²) in [6.45, 7) is 6.38. The molecule has 2 heterocycles. The molecule has 0 radical (unpaired) electrons. The maximum absolute atomic E-state index is 11.9. The van der Waals surface area contributed by atoms with Crippen LogP contribution in [-0.2, 0) is 28.5 Å². The van der Waals surface area contributed by atoms with Gasteiger partial charge in [-0.3, -0.25) is 4.79 Å². The smallest absolute Gasteiger partial charge is 0.312 e. The van der Waals surface area contributed by atoms with Crippen LogP contribution in [0.25, 0.3) is 0 Å². The van der Waals surface area contributed by atoms with Gasteiger partial charge in [-0.05, 0) is 20.8 Å². The zero-order valence-electron chi connectivity index (χ0n) is 12.3. The molecular weight excluding hydrogens is 264 g/mol. The van der Waals surface area contributed by atoms with Gasteiger partial charge in [0.1, 0.15) is 12.2 Å². The van der Waals surface area contributed by atoms with Crippen LogP contribution in [0.1, 0.15) is 20.8 Å². The molecule has 114 valence electrons. The minimum Gasteiger partial charge on any atom is -0.466 e. The van der Waals surface area contributed by atoms with Gasteiger partial charge >= 0.3 is 5.97 Å². The van der Waals surface area contributed by atoms with Crippen LogP contribution < -0.4 is 0 Å². The first-order valence-electron chi connectivity index (χ1n) is 7.15. The van der Waals surface area contributed by atoms with Crippen molar-refractivity contribution in [2.45, 2.75) is 51.0 Å². The summed E-state index contributed by atoms with van der Waals surface area (Å²) in [5.41, 5.74) is 0. The van der Waals surface area contributed by atoms with Crippen LogP contribution in [0.3, 0.4) is 0 Å². The van der Waals surface area contributed by atoms with Crippen LogP contribution in [0.4, 0.5) is 0 Å². The molecule has 6 heteroatoms. The molecular formula is C14H22O6. The molecule has 1 aliphatic carbocycles. The summed E-state index contributed by atoms with van der Waals surface area (Å²) in [6, 6.07) is 0. The van der Waals surface area contributed by atoms with Gasteiger partial charge in [-0.2, -0.15) is 0 Å². The maximum atomic E-state index is 11.9. The maximum Gasteiger partial charge on any atom is 0.312 e. The van der Waals surface area contributed by atoms with Crippen LogP contribution in [0.5, 0.6) is 0 Å². The first-order chi connectivity index (χ1) is 9.48. The Morgan fingerprint density at radius 2 is 2.10 bits per heavy atom. The molecule has 4 unspecified atom stereocenters. The molecule has 0 aromatic heterocycles. The standard InChI is InChI=1S/C14H22O6/c1-5-17-13(15)9-8-11(9)19-7-6-18-14(2,3)20-10(7)12(8)16-4/h7-12H,5-6H2,1-4H3/t7?,8?,9-,10?,11?,12+/m0/s1. The van der Waals surface area contributed by atoms with Gasteiger partial charge in [0.05, 0.1) is 31.3 Å². The van der Waals surface area contributed by atoms with E-state index in [9.17, 15) is 4.79 Å². The molecule has 0 spiro atoms. The van der Waals surface area contributed by atoms with Crippen molar-refractivity contribution in [3.05, 3.63) is 0 Å². The summed E-state index contributed by atoms with van der Waals surface area (Å²) in [7, 11) is 1.65. The molecule has 3 rings (SSSR count). The third-order valence-electron chi connectivity index (χ3n) is 4.25. The van der Waals surface area contributed by atoms with E-state index in [4.69, 9.17) is 23.7 Å². The number of methoxy groups -OCH3 is 1. The Balaban J connectivity index is 1.75. The van der Waals surface area contributed by atoms with Crippen molar-refractivity contribution in [1.82, 2.24) is 0 Å². The Labute approximate surface area is 118 Å². The van der Waals surface area contributed by atoms with Crippen LogP contribution >= 0.6 is 0 Å². The molecule has 2 saturated heterocycles. The first kappa shape index (κ1) is 14.3. The SMILES string of the molecule is CCOC(=O)[C@@H]1C2OC3COC(C)(C)OC3[C@H](OC)C21. The van der Waals surface area contributed by atoms with Gasteiger partial charge in [0.15, 0.2) is 5.79 Å². The molecule has 2 aliphatic heterocycles. The largest absolute Gasteiger partial charge is 0.466 e. The molecule has 0 aromatic carbocycles. The lowest BCUT2D eigenvalue weighted by molar-refractivity contribution is -0.338. The molecule has 0 aromatic rings. The lowest BCUT2D eigenvalue weighted by Crippen LogP contribution is -2.58. The molecule has 20 heavy (non-hydrogen) atoms. The van der Waals surface area contributed by atoms with E-state index in [1.807, 2.05) is 13.8 Å². The molecule has 0 N–H and O–H groups in total. The number of carbonyl (C=O) groups excluding carboxylic acids is 1. The number of hydrogen-bond donors (Lipinski definition) is 0. The van der Waals surface area contributed by atoms with Gasteiger partial charge in [0.2, 0.25) is 0 Å². The lowest BCUT2D eigenvalue weighted by atomic mass is 9.99. The second kappa shape index (κ2) is 4.94. The van der Waals surface area contributed by atoms with Gasteiger partial charge in [-0.15, -0.1) is 0 Å². The summed E-state index contributed by atoms with van der Waals surface area (Å²) in [6.07, 6.45) is -0.678. The number of carbonyl (C=O) groups is 1. The van der Waals surface area contributed by atoms with Gasteiger partial charge in [0, 0.05) is 13.0 Å². The fraction of sp³-hybridized carbons (Fsp3) is 0.929. The Morgan fingerprint density at radius 1 is 1.35 bits per heavy atom. The van der Waals surface area contributed by atoms with Crippen molar-refractivity contribution in [2.24, 2.45) is 11.8 Å². The number of hydrogen-bond acceptors (Lipinski definition) is 6. The van der Waals surface area contributed by atoms with Crippen molar-refractivity contribution in [2.75, 3.05) is 20.3 Å². The van der Waals surface area contributed by atoms with E-state index >= 15 is 0 Å². The third kappa shape index (κ3) is 2.24. The average Bonchev–Trinajstić information content (AvgIpc) is 3.09. The van der Waals surface area contributed by atoms with Gasteiger partial charge < -0.3 is 23.7 Å². The van der Waals surface area contributed by atoms with E-state index in [2.05, 4.69) is 0 Å². The fourth-order valence-electron chi connectivity index (χ4n) is 3.32. The summed E-state index contributed by atoms with van der Waals surface area (Å²) in [4.78, 5) is 11.9. The monoisotopic (exact) mass is 286 g/mol. The second-order valence-electron chi connectivity index (χ2n) is 5.99. The predicted octanol–water partition coefficient (Wildman–Crippen LogP) is 0.729. The van der Waals surface area contributed by atoms with Gasteiger partial charge in [0.25, 0.3) is 0 Å². The Morgan fingerprint density at radius 3 is 2.75 bits per heavy atom. The van der Waals surface area contributed by atoms with E-state index in [1.165, 1.54) is 0 Å². The van der Waals surface area contributed by atoms with Crippen LogP contribution in [0.2, 0.25) is 0 Å². The predicted molar refractivity (Wildman–Crippen MR) is 68.0 cm³/mol. The summed E-state index contributed by atoms with van der Waals surface area (Å²) < 4.78 is 28.2. The first-order valence-corrected chi connectivity index (χ1v) is 7.15. The van der Waals surface area contributed by atoms with Crippen molar-refractivity contribution < 1.29 is 28.5 Å². The summed E-state index contributed by atoms with van der Waals surface area (Å²) >= 11 is 0. The van der Waals surface area contributed by atoms with Gasteiger partial charge in [-0.25, -0.2) is 0 Å². The number of rotatable bonds is 3. The molecule has 0 amide bonds. The third-order valence-corrected chi connectivity index (χ3v) is 4.25. The van der Waals surface area contributed by atoms with Gasteiger partial charge in [-0.1, -0.05) is 0 Å². The zero-order valence-corrected chi connectivity index (χ0v) is 12.3. The van der Waals surface area contributed by atoms with Crippen molar-refractivity contribution in [1.29, 1.82) is 0 Å². The molecule has 3 aliphatic rings. The Kier molecular flexibility index (Phi) is 3.52. The van der Waals surface area contributed by atoms with E-state index in [0.29, 0.717) is 13.2 Å². The highest BCUT2D eigenvalue weighted by atomic mass is 16.7. The quantitative estimate of drug-likeness (QED) is 0.713. The number of esters is 1. The van der Waals surface area contributed by atoms with E-state index in [0.717, 1.165) is 0 Å². The average molecular weight is 286 g/mol. The van der Waals surface area contributed by atoms with Crippen molar-refractivity contribution in [3.8, 4) is 0 Å². The van der Waals surface area contributed by atoms with Crippen molar-refractivity contribution in [3.63, 3.8) is 0 Å². The fourth-order valence-corrected chi connectivity index (χ4v) is 3.32. The molecule has 0 bridgehead atoms. The number of fused-ring (bicyclic) bond motifs is 2. The van der Waals surface area contributed by atoms with Crippen molar-refractivity contribution >= 4 is 5.97 Å². The molecule has 1 saturated carbocycles. The minimum absolute atomic E-state index is 0.0224. The molecule has 6 atom stereocenters. The normalized spacial score (nSPS) is 45.2. The minimum atomic E-state index is -0.650. The highest BCUT2D eigenvalue weighted by Gasteiger charge is 2.68. The van der Waals surface area contributed by atoms with E-state index in [1.54, 1.807) is 14.0 Å². The topological polar surface area (TPSA) is 63.2 Å². The summed E-state index contributed by atoms with van der Waals surface area (Å²) in [5, 5.41) is 0. The van der Waals surface area contributed by atoms with Crippen LogP contribution in [0.15, 0.2) is 0 Å². The Bertz CT molecular complexity index is 395. The van der Waals surface area contributed by atoms with Crippen LogP contribution in [0, 0.1) is 11.8 Å². The van der Waals surface area contributed by atoms with E-state index in [-0.39, 0.29) is 42.2 Å². The van der Waals surface area contributed by atoms with E-state index < -0.39 is 5.79 Å². The highest BCUT2D eigenvalue weighted by Crippen LogP contribution is 2.53. The highest BCUT2D eigenvalue weighted by molar-refractivity contribution is 5.77. The molecule has 3 fully saturated rings. The number of ether oxygens (including phenoxy) is 5. The van der Waals surface area contributed by atoms with Crippen LogP contribution in [-0.4, -0.2) is 56.5 Å². The zero-order chi connectivity index (χ0) is 14.5. The molecule has 6 nitrogen and oxygen atoms in total.